The Morgan fingerprint density at radius 2 is 1.04 bits per heavy atom. The summed E-state index contributed by atoms with van der Waals surface area (Å²) >= 11 is 0. The van der Waals surface area contributed by atoms with Crippen molar-refractivity contribution in [1.29, 1.82) is 0 Å². The van der Waals surface area contributed by atoms with E-state index in [4.69, 9.17) is 0 Å². The van der Waals surface area contributed by atoms with Gasteiger partial charge in [0.15, 0.2) is 0 Å². The van der Waals surface area contributed by atoms with Crippen molar-refractivity contribution in [2.75, 3.05) is 0 Å². The Morgan fingerprint density at radius 1 is 0.600 bits per heavy atom. The van der Waals surface area contributed by atoms with Gasteiger partial charge in [-0.3, -0.25) is 0 Å². The third-order valence-corrected chi connectivity index (χ3v) is 25.1. The average Bonchev–Trinajstić information content (AvgIpc) is 3.63. The maximum Gasteiger partial charge on any atom is 0.124 e. The van der Waals surface area contributed by atoms with Crippen molar-refractivity contribution in [2.45, 2.75) is 135 Å². The Kier molecular flexibility index (Phi) is 9.36. The van der Waals surface area contributed by atoms with Gasteiger partial charge in [-0.2, -0.15) is 0 Å². The number of fused-ring (bicyclic) bond motifs is 3. The van der Waals surface area contributed by atoms with E-state index in [0.29, 0.717) is 10.8 Å². The molecule has 8 unspecified atom stereocenters. The molecule has 246 valence electrons. The molecule has 2 aromatic carbocycles. The monoisotopic (exact) mass is 638 g/mol. The Bertz CT molecular complexity index is 1200. The summed E-state index contributed by atoms with van der Waals surface area (Å²) in [6.07, 6.45) is 15.5. The summed E-state index contributed by atoms with van der Waals surface area (Å²) in [5, 5.41) is 3.57. The zero-order valence-corrected chi connectivity index (χ0v) is 32.3. The van der Waals surface area contributed by atoms with Gasteiger partial charge in [-0.05, 0) is 108 Å². The number of hydrogen-bond donors (Lipinski definition) is 0. The lowest BCUT2D eigenvalue weighted by atomic mass is 9.62. The zero-order valence-electron chi connectivity index (χ0n) is 30.3. The normalized spacial score (nSPS) is 34.3. The first kappa shape index (κ1) is 33.5. The molecule has 2 heteroatoms. The first-order chi connectivity index (χ1) is 21.3. The largest absolute Gasteiger partial charge is 0.124 e. The van der Waals surface area contributed by atoms with Gasteiger partial charge in [-0.25, -0.2) is 0 Å². The van der Waals surface area contributed by atoms with Gasteiger partial charge in [0.25, 0.3) is 0 Å². The molecule has 8 atom stereocenters. The molecule has 0 heterocycles. The lowest BCUT2D eigenvalue weighted by molar-refractivity contribution is 0.0722. The molecule has 0 spiro atoms. The minimum absolute atomic E-state index is 0.402. The van der Waals surface area contributed by atoms with Crippen molar-refractivity contribution in [3.63, 3.8) is 0 Å². The van der Waals surface area contributed by atoms with Crippen LogP contribution in [-0.2, 0) is 0 Å². The van der Waals surface area contributed by atoms with E-state index in [9.17, 15) is 0 Å². The van der Waals surface area contributed by atoms with Crippen LogP contribution in [0, 0.1) is 46.3 Å². The van der Waals surface area contributed by atoms with Gasteiger partial charge in [0, 0.05) is 0 Å². The summed E-state index contributed by atoms with van der Waals surface area (Å²) < 4.78 is 0. The van der Waals surface area contributed by atoms with Crippen LogP contribution >= 0.6 is 0 Å². The summed E-state index contributed by atoms with van der Waals surface area (Å²) in [5.74, 6) is 5.38. The highest BCUT2D eigenvalue weighted by atomic mass is 28.3. The molecule has 0 aliphatic heterocycles. The van der Waals surface area contributed by atoms with Crippen LogP contribution in [0.1, 0.15) is 99.3 Å². The summed E-state index contributed by atoms with van der Waals surface area (Å²) in [5.41, 5.74) is 3.44. The lowest BCUT2D eigenvalue weighted by Crippen LogP contribution is -2.66. The molecule has 0 aromatic heterocycles. The van der Waals surface area contributed by atoms with Crippen molar-refractivity contribution in [3.8, 4) is 0 Å². The highest BCUT2D eigenvalue weighted by molar-refractivity contribution is 7.04. The van der Waals surface area contributed by atoms with Gasteiger partial charge in [0.1, 0.15) is 8.07 Å². The van der Waals surface area contributed by atoms with Gasteiger partial charge in [0.2, 0.25) is 0 Å². The minimum atomic E-state index is -2.22. The van der Waals surface area contributed by atoms with E-state index < -0.39 is 16.1 Å². The van der Waals surface area contributed by atoms with Crippen molar-refractivity contribution in [3.05, 3.63) is 73.3 Å². The van der Waals surface area contributed by atoms with Crippen LogP contribution in [0.15, 0.2) is 73.3 Å². The van der Waals surface area contributed by atoms with Crippen LogP contribution in [0.3, 0.4) is 0 Å². The number of rotatable bonds is 7. The third-order valence-electron chi connectivity index (χ3n) is 14.7. The molecule has 45 heavy (non-hydrogen) atoms. The molecule has 2 aromatic rings. The average molecular weight is 639 g/mol. The second-order valence-corrected chi connectivity index (χ2v) is 28.8. The van der Waals surface area contributed by atoms with Crippen molar-refractivity contribution >= 4 is 26.5 Å². The van der Waals surface area contributed by atoms with Crippen molar-refractivity contribution in [2.24, 2.45) is 46.3 Å². The molecule has 0 nitrogen and oxygen atoms in total. The van der Waals surface area contributed by atoms with Gasteiger partial charge >= 0.3 is 0 Å². The predicted octanol–water partition coefficient (Wildman–Crippen LogP) is 11.6. The van der Waals surface area contributed by atoms with E-state index in [0.717, 1.165) is 52.1 Å². The molecule has 0 amide bonds. The molecule has 4 fully saturated rings. The quantitative estimate of drug-likeness (QED) is 0.209. The minimum Gasteiger partial charge on any atom is -0.103 e. The fraction of sp³-hybridized carbons (Fsp3) is 0.674. The molecule has 4 aliphatic carbocycles. The topological polar surface area (TPSA) is 0 Å². The number of allylic oxidation sites excluding steroid dienone is 1. The van der Waals surface area contributed by atoms with Crippen molar-refractivity contribution in [1.82, 2.24) is 0 Å². The first-order valence-corrected chi connectivity index (χ1v) is 24.4. The van der Waals surface area contributed by atoms with Crippen LogP contribution in [0.5, 0.6) is 0 Å². The number of benzene rings is 2. The SMILES string of the molecule is C=CC[Si](C)(C)C1CCC([Si](c2ccccc2)(c2ccccc2)C2C3CC(C(C)(C)C)CCC3C3CCC(C(C)(C)C)CC32)C1. The predicted molar refractivity (Wildman–Crippen MR) is 203 cm³/mol. The molecule has 0 N–H and O–H groups in total. The molecule has 0 saturated heterocycles. The van der Waals surface area contributed by atoms with Gasteiger partial charge in [0.05, 0.1) is 8.07 Å². The second kappa shape index (κ2) is 12.6. The second-order valence-electron chi connectivity index (χ2n) is 19.2. The highest BCUT2D eigenvalue weighted by Crippen LogP contribution is 2.68. The summed E-state index contributed by atoms with van der Waals surface area (Å²) in [4.78, 5) is 0. The lowest BCUT2D eigenvalue weighted by Gasteiger charge is -2.52. The maximum atomic E-state index is 4.23. The fourth-order valence-corrected chi connectivity index (χ4v) is 22.9. The van der Waals surface area contributed by atoms with E-state index in [1.54, 1.807) is 10.4 Å². The van der Waals surface area contributed by atoms with Gasteiger partial charge in [-0.15, -0.1) is 6.58 Å². The molecule has 4 saturated carbocycles. The molecule has 0 radical (unpaired) electrons. The summed E-state index contributed by atoms with van der Waals surface area (Å²) in [6, 6.07) is 26.0. The molecular formula is C43H66Si2. The standard InChI is InChI=1S/C43H66Si2/c1-10-27-44(8,9)35-23-24-36(30-35)45(33-17-13-11-14-18-33,34-19-15-12-16-20-34)41-39-28-31(42(2,3)4)21-25-37(39)38-26-22-32(29-40(38)41)43(5,6)7/h10-20,31-32,35-41H,1,21-30H2,2-9H3. The summed E-state index contributed by atoms with van der Waals surface area (Å²) in [7, 11) is -3.59. The Hall–Kier alpha value is -1.39. The summed E-state index contributed by atoms with van der Waals surface area (Å²) in [6.45, 7) is 24.9. The van der Waals surface area contributed by atoms with E-state index in [2.05, 4.69) is 128 Å². The smallest absolute Gasteiger partial charge is 0.103 e. The van der Waals surface area contributed by atoms with Crippen LogP contribution in [-0.4, -0.2) is 16.1 Å². The Morgan fingerprint density at radius 3 is 1.47 bits per heavy atom. The van der Waals surface area contributed by atoms with Crippen LogP contribution < -0.4 is 10.4 Å². The molecule has 4 aliphatic rings. The molecular weight excluding hydrogens is 573 g/mol. The Balaban J connectivity index is 1.57. The Labute approximate surface area is 280 Å². The van der Waals surface area contributed by atoms with E-state index in [1.165, 1.54) is 63.8 Å². The van der Waals surface area contributed by atoms with Gasteiger partial charge in [-0.1, -0.05) is 151 Å². The zero-order chi connectivity index (χ0) is 32.2. The first-order valence-electron chi connectivity index (χ1n) is 19.0. The fourth-order valence-electron chi connectivity index (χ4n) is 12.3. The maximum absolute atomic E-state index is 4.23. The number of hydrogen-bond acceptors (Lipinski definition) is 0. The molecule has 6 rings (SSSR count). The highest BCUT2D eigenvalue weighted by Gasteiger charge is 2.65. The van der Waals surface area contributed by atoms with Crippen LogP contribution in [0.2, 0.25) is 35.8 Å². The van der Waals surface area contributed by atoms with Crippen LogP contribution in [0.25, 0.3) is 0 Å². The van der Waals surface area contributed by atoms with E-state index in [1.807, 2.05) is 0 Å². The van der Waals surface area contributed by atoms with E-state index in [-0.39, 0.29) is 0 Å². The molecule has 0 bridgehead atoms. The van der Waals surface area contributed by atoms with Crippen molar-refractivity contribution < 1.29 is 0 Å². The third kappa shape index (κ3) is 6.07. The van der Waals surface area contributed by atoms with Gasteiger partial charge < -0.3 is 0 Å². The van der Waals surface area contributed by atoms with Crippen LogP contribution in [0.4, 0.5) is 0 Å². The van der Waals surface area contributed by atoms with E-state index >= 15 is 0 Å².